The Bertz CT molecular complexity index is 982. The van der Waals surface area contributed by atoms with Crippen molar-refractivity contribution in [2.75, 3.05) is 33.4 Å². The standard InChI is InChI=1S/C28H37N3O5/c1-31-19-9-2-3-10-20-36-25-15-8-7-14-23(25)27(33)30-24(16-17-26(31)32)28(34)29-18-11-21-35-22-12-5-4-6-13-22/h4-8,12-15,24H,2-3,9-11,16-21H2,1H3,(H,29,34)(H,30,33)/t24-/m0/s1. The van der Waals surface area contributed by atoms with Crippen LogP contribution in [0.25, 0.3) is 0 Å². The van der Waals surface area contributed by atoms with Gasteiger partial charge in [0.05, 0.1) is 18.8 Å². The summed E-state index contributed by atoms with van der Waals surface area (Å²) in [5.74, 6) is 0.519. The molecule has 1 aliphatic heterocycles. The van der Waals surface area contributed by atoms with E-state index < -0.39 is 11.9 Å². The molecule has 36 heavy (non-hydrogen) atoms. The third-order valence-electron chi connectivity index (χ3n) is 6.10. The predicted octanol–water partition coefficient (Wildman–Crippen LogP) is 3.56. The Hall–Kier alpha value is -3.55. The van der Waals surface area contributed by atoms with Gasteiger partial charge in [0.2, 0.25) is 11.8 Å². The van der Waals surface area contributed by atoms with Gasteiger partial charge in [-0.05, 0) is 49.9 Å². The Morgan fingerprint density at radius 1 is 1.06 bits per heavy atom. The second-order valence-electron chi connectivity index (χ2n) is 8.94. The largest absolute Gasteiger partial charge is 0.494 e. The van der Waals surface area contributed by atoms with E-state index in [4.69, 9.17) is 9.47 Å². The number of nitrogens with zero attached hydrogens (tertiary/aromatic N) is 1. The van der Waals surface area contributed by atoms with Crippen LogP contribution in [0, 0.1) is 0 Å². The minimum absolute atomic E-state index is 0.0332. The molecule has 0 saturated heterocycles. The highest BCUT2D eigenvalue weighted by atomic mass is 16.5. The molecule has 8 heteroatoms. The normalized spacial score (nSPS) is 17.9. The number of para-hydroxylation sites is 2. The lowest BCUT2D eigenvalue weighted by Gasteiger charge is -2.22. The number of nitrogens with one attached hydrogen (secondary N) is 2. The molecular weight excluding hydrogens is 458 g/mol. The van der Waals surface area contributed by atoms with Crippen LogP contribution in [-0.4, -0.2) is 62.0 Å². The second-order valence-corrected chi connectivity index (χ2v) is 8.94. The minimum Gasteiger partial charge on any atom is -0.494 e. The van der Waals surface area contributed by atoms with E-state index in [2.05, 4.69) is 10.6 Å². The van der Waals surface area contributed by atoms with E-state index in [0.29, 0.717) is 44.0 Å². The van der Waals surface area contributed by atoms with Crippen molar-refractivity contribution in [3.63, 3.8) is 0 Å². The van der Waals surface area contributed by atoms with E-state index in [1.165, 1.54) is 0 Å². The number of benzene rings is 2. The van der Waals surface area contributed by atoms with Crippen LogP contribution in [0.1, 0.15) is 55.3 Å². The van der Waals surface area contributed by atoms with Crippen molar-refractivity contribution in [2.24, 2.45) is 0 Å². The first-order valence-electron chi connectivity index (χ1n) is 12.8. The average molecular weight is 496 g/mol. The number of fused-ring (bicyclic) bond motifs is 1. The van der Waals surface area contributed by atoms with Crippen LogP contribution in [0.5, 0.6) is 11.5 Å². The molecule has 3 amide bonds. The molecule has 0 bridgehead atoms. The SMILES string of the molecule is CN1CCCCCCOc2ccccc2C(=O)N[C@H](C(=O)NCCCOc2ccccc2)CCC1=O. The van der Waals surface area contributed by atoms with Crippen LogP contribution >= 0.6 is 0 Å². The number of rotatable bonds is 6. The Morgan fingerprint density at radius 3 is 2.64 bits per heavy atom. The van der Waals surface area contributed by atoms with Crippen LogP contribution in [-0.2, 0) is 9.59 Å². The third-order valence-corrected chi connectivity index (χ3v) is 6.10. The maximum Gasteiger partial charge on any atom is 0.255 e. The first-order chi connectivity index (χ1) is 17.5. The molecule has 8 nitrogen and oxygen atoms in total. The molecule has 0 saturated carbocycles. The lowest BCUT2D eigenvalue weighted by molar-refractivity contribution is -0.130. The van der Waals surface area contributed by atoms with Crippen molar-refractivity contribution in [3.05, 3.63) is 60.2 Å². The van der Waals surface area contributed by atoms with Gasteiger partial charge in [0.15, 0.2) is 0 Å². The molecule has 3 rings (SSSR count). The molecule has 0 spiro atoms. The van der Waals surface area contributed by atoms with Crippen molar-refractivity contribution in [3.8, 4) is 11.5 Å². The fourth-order valence-corrected chi connectivity index (χ4v) is 3.97. The molecule has 2 aromatic carbocycles. The summed E-state index contributed by atoms with van der Waals surface area (Å²) in [6.45, 7) is 2.03. The monoisotopic (exact) mass is 495 g/mol. The minimum atomic E-state index is -0.842. The molecule has 194 valence electrons. The molecule has 0 unspecified atom stereocenters. The van der Waals surface area contributed by atoms with E-state index in [0.717, 1.165) is 31.4 Å². The van der Waals surface area contributed by atoms with Gasteiger partial charge in [-0.3, -0.25) is 14.4 Å². The highest BCUT2D eigenvalue weighted by Gasteiger charge is 2.24. The molecule has 1 heterocycles. The average Bonchev–Trinajstić information content (AvgIpc) is 2.90. The molecule has 2 aromatic rings. The van der Waals surface area contributed by atoms with Gasteiger partial charge in [-0.15, -0.1) is 0 Å². The van der Waals surface area contributed by atoms with Gasteiger partial charge in [0.1, 0.15) is 17.5 Å². The van der Waals surface area contributed by atoms with Crippen molar-refractivity contribution in [2.45, 2.75) is 51.0 Å². The maximum atomic E-state index is 13.1. The number of ether oxygens (including phenoxy) is 2. The summed E-state index contributed by atoms with van der Waals surface area (Å²) in [5.41, 5.74) is 0.377. The number of carbonyl (C=O) groups excluding carboxylic acids is 3. The quantitative estimate of drug-likeness (QED) is 0.598. The van der Waals surface area contributed by atoms with Gasteiger partial charge in [-0.2, -0.15) is 0 Å². The first kappa shape index (κ1) is 27.0. The zero-order valence-electron chi connectivity index (χ0n) is 21.0. The van der Waals surface area contributed by atoms with Crippen LogP contribution in [0.4, 0.5) is 0 Å². The lowest BCUT2D eigenvalue weighted by atomic mass is 10.1. The van der Waals surface area contributed by atoms with Crippen LogP contribution in [0.15, 0.2) is 54.6 Å². The van der Waals surface area contributed by atoms with E-state index in [1.807, 2.05) is 36.4 Å². The molecule has 0 aliphatic carbocycles. The maximum absolute atomic E-state index is 13.1. The van der Waals surface area contributed by atoms with Gasteiger partial charge >= 0.3 is 0 Å². The Morgan fingerprint density at radius 2 is 1.81 bits per heavy atom. The number of hydrogen-bond donors (Lipinski definition) is 2. The zero-order valence-corrected chi connectivity index (χ0v) is 21.0. The highest BCUT2D eigenvalue weighted by molar-refractivity contribution is 5.99. The topological polar surface area (TPSA) is 97.0 Å². The molecule has 0 aromatic heterocycles. The molecule has 0 fully saturated rings. The summed E-state index contributed by atoms with van der Waals surface area (Å²) in [5, 5.41) is 5.70. The fourth-order valence-electron chi connectivity index (χ4n) is 3.97. The van der Waals surface area contributed by atoms with Crippen LogP contribution in [0.2, 0.25) is 0 Å². The first-order valence-corrected chi connectivity index (χ1v) is 12.8. The lowest BCUT2D eigenvalue weighted by Crippen LogP contribution is -2.47. The molecule has 1 aliphatic rings. The number of carbonyl (C=O) groups is 3. The second kappa shape index (κ2) is 14.8. The number of amides is 3. The summed E-state index contributed by atoms with van der Waals surface area (Å²) < 4.78 is 11.5. The predicted molar refractivity (Wildman–Crippen MR) is 138 cm³/mol. The smallest absolute Gasteiger partial charge is 0.255 e. The third kappa shape index (κ3) is 8.91. The number of hydrogen-bond acceptors (Lipinski definition) is 5. The summed E-state index contributed by atoms with van der Waals surface area (Å²) in [7, 11) is 1.78. The van der Waals surface area contributed by atoms with Crippen molar-refractivity contribution in [1.29, 1.82) is 0 Å². The summed E-state index contributed by atoms with van der Waals surface area (Å²) >= 11 is 0. The van der Waals surface area contributed by atoms with Gasteiger partial charge < -0.3 is 25.0 Å². The van der Waals surface area contributed by atoms with Gasteiger partial charge in [0, 0.05) is 26.6 Å². The van der Waals surface area contributed by atoms with Crippen molar-refractivity contribution < 1.29 is 23.9 Å². The van der Waals surface area contributed by atoms with Crippen molar-refractivity contribution in [1.82, 2.24) is 15.5 Å². The van der Waals surface area contributed by atoms with Gasteiger partial charge in [0.25, 0.3) is 5.91 Å². The molecule has 2 N–H and O–H groups in total. The highest BCUT2D eigenvalue weighted by Crippen LogP contribution is 2.19. The van der Waals surface area contributed by atoms with Crippen LogP contribution < -0.4 is 20.1 Å². The Labute approximate surface area is 213 Å². The summed E-state index contributed by atoms with van der Waals surface area (Å²) in [6.07, 6.45) is 4.78. The van der Waals surface area contributed by atoms with Crippen LogP contribution in [0.3, 0.4) is 0 Å². The summed E-state index contributed by atoms with van der Waals surface area (Å²) in [6, 6.07) is 15.7. The van der Waals surface area contributed by atoms with E-state index in [9.17, 15) is 14.4 Å². The molecule has 1 atom stereocenters. The summed E-state index contributed by atoms with van der Waals surface area (Å²) in [4.78, 5) is 40.4. The van der Waals surface area contributed by atoms with Gasteiger partial charge in [-0.1, -0.05) is 43.2 Å². The van der Waals surface area contributed by atoms with E-state index in [-0.39, 0.29) is 24.7 Å². The van der Waals surface area contributed by atoms with Gasteiger partial charge in [-0.25, -0.2) is 0 Å². The van der Waals surface area contributed by atoms with E-state index >= 15 is 0 Å². The Kier molecular flexibility index (Phi) is 11.1. The zero-order chi connectivity index (χ0) is 25.6. The van der Waals surface area contributed by atoms with E-state index in [1.54, 1.807) is 30.1 Å². The fraction of sp³-hybridized carbons (Fsp3) is 0.464. The molecular formula is C28H37N3O5. The molecule has 0 radical (unpaired) electrons. The van der Waals surface area contributed by atoms with Crippen molar-refractivity contribution >= 4 is 17.7 Å². The Balaban J connectivity index is 1.62.